The summed E-state index contributed by atoms with van der Waals surface area (Å²) in [6.45, 7) is 1.28. The van der Waals surface area contributed by atoms with Gasteiger partial charge in [0.15, 0.2) is 6.61 Å². The normalized spacial score (nSPS) is 10.2. The first-order chi connectivity index (χ1) is 12.4. The number of aryl methyl sites for hydroxylation is 1. The summed E-state index contributed by atoms with van der Waals surface area (Å²) in [4.78, 5) is 34.2. The molecule has 0 aliphatic rings. The lowest BCUT2D eigenvalue weighted by Gasteiger charge is -2.08. The minimum atomic E-state index is -0.927. The summed E-state index contributed by atoms with van der Waals surface area (Å²) in [6, 6.07) is 10.1. The molecule has 0 saturated carbocycles. The summed E-state index contributed by atoms with van der Waals surface area (Å²) in [5, 5.41) is 13.6. The van der Waals surface area contributed by atoms with E-state index in [9.17, 15) is 24.1 Å². The quantitative estimate of drug-likeness (QED) is 0.465. The molecule has 2 rings (SSSR count). The Morgan fingerprint density at radius 1 is 1.19 bits per heavy atom. The van der Waals surface area contributed by atoms with Crippen molar-refractivity contribution in [2.45, 2.75) is 13.3 Å². The molecule has 0 bridgehead atoms. The highest BCUT2D eigenvalue weighted by Crippen LogP contribution is 2.22. The predicted molar refractivity (Wildman–Crippen MR) is 91.2 cm³/mol. The second kappa shape index (κ2) is 8.70. The van der Waals surface area contributed by atoms with Gasteiger partial charge in [-0.2, -0.15) is 0 Å². The SMILES string of the molecule is Cc1cccc([N+](=O)[O-])c1C(=O)OCC(=O)NCCc1ccc(F)cc1. The van der Waals surface area contributed by atoms with Crippen molar-refractivity contribution < 1.29 is 23.6 Å². The van der Waals surface area contributed by atoms with Crippen LogP contribution in [-0.4, -0.2) is 30.0 Å². The van der Waals surface area contributed by atoms with Crippen molar-refractivity contribution in [3.63, 3.8) is 0 Å². The van der Waals surface area contributed by atoms with Gasteiger partial charge in [-0.15, -0.1) is 0 Å². The number of carbonyl (C=O) groups excluding carboxylic acids is 2. The molecule has 136 valence electrons. The monoisotopic (exact) mass is 360 g/mol. The van der Waals surface area contributed by atoms with Crippen LogP contribution in [0, 0.1) is 22.9 Å². The number of benzene rings is 2. The maximum absolute atomic E-state index is 12.8. The molecule has 0 fully saturated rings. The number of ether oxygens (including phenoxy) is 1. The van der Waals surface area contributed by atoms with Gasteiger partial charge < -0.3 is 10.1 Å². The van der Waals surface area contributed by atoms with Crippen LogP contribution in [-0.2, 0) is 16.0 Å². The molecular weight excluding hydrogens is 343 g/mol. The van der Waals surface area contributed by atoms with E-state index in [-0.39, 0.29) is 23.6 Å². The van der Waals surface area contributed by atoms with Crippen molar-refractivity contribution in [2.24, 2.45) is 0 Å². The molecule has 7 nitrogen and oxygen atoms in total. The van der Waals surface area contributed by atoms with Gasteiger partial charge in [0.1, 0.15) is 11.4 Å². The van der Waals surface area contributed by atoms with E-state index in [1.165, 1.54) is 24.3 Å². The van der Waals surface area contributed by atoms with E-state index in [4.69, 9.17) is 4.74 Å². The topological polar surface area (TPSA) is 98.5 Å². The smallest absolute Gasteiger partial charge is 0.345 e. The van der Waals surface area contributed by atoms with Crippen LogP contribution in [0.3, 0.4) is 0 Å². The highest BCUT2D eigenvalue weighted by atomic mass is 19.1. The van der Waals surface area contributed by atoms with Crippen LogP contribution in [0.1, 0.15) is 21.5 Å². The van der Waals surface area contributed by atoms with Crippen molar-refractivity contribution in [3.8, 4) is 0 Å². The van der Waals surface area contributed by atoms with E-state index in [0.29, 0.717) is 12.0 Å². The number of nitro groups is 1. The molecule has 8 heteroatoms. The zero-order valence-electron chi connectivity index (χ0n) is 14.0. The number of amides is 1. The van der Waals surface area contributed by atoms with Gasteiger partial charge in [-0.25, -0.2) is 9.18 Å². The number of carbonyl (C=O) groups is 2. The first-order valence-electron chi connectivity index (χ1n) is 7.80. The second-order valence-corrected chi connectivity index (χ2v) is 5.53. The fourth-order valence-corrected chi connectivity index (χ4v) is 2.32. The third-order valence-corrected chi connectivity index (χ3v) is 3.64. The second-order valence-electron chi connectivity index (χ2n) is 5.53. The summed E-state index contributed by atoms with van der Waals surface area (Å²) in [5.74, 6) is -1.80. The van der Waals surface area contributed by atoms with Crippen molar-refractivity contribution in [1.82, 2.24) is 5.32 Å². The van der Waals surface area contributed by atoms with E-state index >= 15 is 0 Å². The summed E-state index contributed by atoms with van der Waals surface area (Å²) >= 11 is 0. The van der Waals surface area contributed by atoms with Gasteiger partial charge in [0.2, 0.25) is 0 Å². The Bertz CT molecular complexity index is 821. The zero-order chi connectivity index (χ0) is 19.1. The van der Waals surface area contributed by atoms with Crippen LogP contribution in [0.15, 0.2) is 42.5 Å². The lowest BCUT2D eigenvalue weighted by molar-refractivity contribution is -0.385. The molecule has 1 amide bonds. The average molecular weight is 360 g/mol. The molecule has 0 aliphatic carbocycles. The maximum Gasteiger partial charge on any atom is 0.345 e. The first kappa shape index (κ1) is 19.0. The van der Waals surface area contributed by atoms with Gasteiger partial charge in [-0.05, 0) is 36.6 Å². The number of esters is 1. The number of nitrogens with one attached hydrogen (secondary N) is 1. The molecule has 0 unspecified atom stereocenters. The summed E-state index contributed by atoms with van der Waals surface area (Å²) < 4.78 is 17.7. The number of rotatable bonds is 7. The summed E-state index contributed by atoms with van der Waals surface area (Å²) in [6.07, 6.45) is 0.489. The van der Waals surface area contributed by atoms with Gasteiger partial charge in [0, 0.05) is 12.6 Å². The van der Waals surface area contributed by atoms with Crippen LogP contribution >= 0.6 is 0 Å². The molecule has 0 atom stereocenters. The lowest BCUT2D eigenvalue weighted by atomic mass is 10.1. The van der Waals surface area contributed by atoms with E-state index in [0.717, 1.165) is 5.56 Å². The molecule has 26 heavy (non-hydrogen) atoms. The highest BCUT2D eigenvalue weighted by Gasteiger charge is 2.24. The highest BCUT2D eigenvalue weighted by molar-refractivity contribution is 5.96. The molecule has 0 radical (unpaired) electrons. The summed E-state index contributed by atoms with van der Waals surface area (Å²) in [5.41, 5.74) is 0.698. The number of hydrogen-bond donors (Lipinski definition) is 1. The molecular formula is C18H17FN2O5. The van der Waals surface area contributed by atoms with Gasteiger partial charge in [0.25, 0.3) is 11.6 Å². The van der Waals surface area contributed by atoms with Crippen molar-refractivity contribution in [3.05, 3.63) is 75.1 Å². The fourth-order valence-electron chi connectivity index (χ4n) is 2.32. The largest absolute Gasteiger partial charge is 0.452 e. The average Bonchev–Trinajstić information content (AvgIpc) is 2.61. The Hall–Kier alpha value is -3.29. The molecule has 0 heterocycles. The van der Waals surface area contributed by atoms with E-state index in [2.05, 4.69) is 5.32 Å². The molecule has 0 spiro atoms. The third-order valence-electron chi connectivity index (χ3n) is 3.64. The Balaban J connectivity index is 1.85. The van der Waals surface area contributed by atoms with Gasteiger partial charge in [-0.1, -0.05) is 24.3 Å². The minimum Gasteiger partial charge on any atom is -0.452 e. The molecule has 0 aliphatic heterocycles. The van der Waals surface area contributed by atoms with Crippen LogP contribution in [0.2, 0.25) is 0 Å². The molecule has 2 aromatic carbocycles. The van der Waals surface area contributed by atoms with Crippen LogP contribution in [0.25, 0.3) is 0 Å². The molecule has 0 saturated heterocycles. The molecule has 2 aromatic rings. The number of nitrogens with zero attached hydrogens (tertiary/aromatic N) is 1. The number of hydrogen-bond acceptors (Lipinski definition) is 5. The van der Waals surface area contributed by atoms with Crippen LogP contribution < -0.4 is 5.32 Å². The Labute approximate surface area is 148 Å². The first-order valence-corrected chi connectivity index (χ1v) is 7.80. The molecule has 0 aromatic heterocycles. The Kier molecular flexibility index (Phi) is 6.37. The number of nitro benzene ring substituents is 1. The molecule has 1 N–H and O–H groups in total. The van der Waals surface area contributed by atoms with Crippen molar-refractivity contribution in [1.29, 1.82) is 0 Å². The lowest BCUT2D eigenvalue weighted by Crippen LogP contribution is -2.30. The Morgan fingerprint density at radius 2 is 1.88 bits per heavy atom. The minimum absolute atomic E-state index is 0.170. The van der Waals surface area contributed by atoms with Crippen LogP contribution in [0.5, 0.6) is 0 Å². The van der Waals surface area contributed by atoms with E-state index in [1.54, 1.807) is 25.1 Å². The van der Waals surface area contributed by atoms with Crippen molar-refractivity contribution >= 4 is 17.6 Å². The number of halogens is 1. The third kappa shape index (κ3) is 5.10. The predicted octanol–water partition coefficient (Wildman–Crippen LogP) is 2.56. The maximum atomic E-state index is 12.8. The van der Waals surface area contributed by atoms with Gasteiger partial charge >= 0.3 is 5.97 Å². The van der Waals surface area contributed by atoms with E-state index < -0.39 is 23.4 Å². The fraction of sp³-hybridized carbons (Fsp3) is 0.222. The van der Waals surface area contributed by atoms with Gasteiger partial charge in [0.05, 0.1) is 4.92 Å². The zero-order valence-corrected chi connectivity index (χ0v) is 14.0. The Morgan fingerprint density at radius 3 is 2.54 bits per heavy atom. The summed E-state index contributed by atoms with van der Waals surface area (Å²) in [7, 11) is 0. The van der Waals surface area contributed by atoms with Crippen molar-refractivity contribution in [2.75, 3.05) is 13.2 Å². The van der Waals surface area contributed by atoms with Crippen LogP contribution in [0.4, 0.5) is 10.1 Å². The van der Waals surface area contributed by atoms with Gasteiger partial charge in [-0.3, -0.25) is 14.9 Å². The standard InChI is InChI=1S/C18H17FN2O5/c1-12-3-2-4-15(21(24)25)17(12)18(23)26-11-16(22)20-10-9-13-5-7-14(19)8-6-13/h2-8H,9-11H2,1H3,(H,20,22). The van der Waals surface area contributed by atoms with E-state index in [1.807, 2.05) is 0 Å².